The third-order valence-electron chi connectivity index (χ3n) is 5.95. The number of benzene rings is 1. The van der Waals surface area contributed by atoms with E-state index >= 15 is 0 Å². The Morgan fingerprint density at radius 2 is 1.73 bits per heavy atom. The minimum absolute atomic E-state index is 0.0698. The van der Waals surface area contributed by atoms with Crippen LogP contribution in [0.4, 0.5) is 0 Å². The van der Waals surface area contributed by atoms with Crippen LogP contribution in [-0.2, 0) is 10.3 Å². The summed E-state index contributed by atoms with van der Waals surface area (Å²) in [5.74, 6) is 1.23. The van der Waals surface area contributed by atoms with E-state index in [1.165, 1.54) is 18.4 Å². The fraction of sp³-hybridized carbons (Fsp3) is 0.700. The van der Waals surface area contributed by atoms with Gasteiger partial charge in [0, 0.05) is 18.0 Å². The van der Waals surface area contributed by atoms with Gasteiger partial charge >= 0.3 is 0 Å². The molecule has 0 unspecified atom stereocenters. The molecule has 0 spiro atoms. The normalized spacial score (nSPS) is 38.2. The van der Waals surface area contributed by atoms with Crippen LogP contribution in [0.25, 0.3) is 0 Å². The van der Waals surface area contributed by atoms with E-state index in [9.17, 15) is 0 Å². The SMILES string of the molecule is CC(C)N1OC(C)(C)[C@H]2C[C@](C)(c3ccccc3)C[C@@H](C)[C@@H]21. The molecular formula is C20H31NO. The van der Waals surface area contributed by atoms with Gasteiger partial charge in [-0.3, -0.25) is 4.84 Å². The number of hydrogen-bond acceptors (Lipinski definition) is 2. The molecule has 1 aromatic rings. The Balaban J connectivity index is 1.95. The number of nitrogens with zero attached hydrogens (tertiary/aromatic N) is 1. The maximum Gasteiger partial charge on any atom is 0.0888 e. The van der Waals surface area contributed by atoms with E-state index in [1.54, 1.807) is 0 Å². The molecule has 2 nitrogen and oxygen atoms in total. The van der Waals surface area contributed by atoms with Gasteiger partial charge in [0.1, 0.15) is 0 Å². The Labute approximate surface area is 135 Å². The van der Waals surface area contributed by atoms with E-state index in [0.29, 0.717) is 23.9 Å². The van der Waals surface area contributed by atoms with Crippen LogP contribution in [0, 0.1) is 11.8 Å². The summed E-state index contributed by atoms with van der Waals surface area (Å²) in [4.78, 5) is 6.39. The number of hydrogen-bond donors (Lipinski definition) is 0. The molecule has 0 amide bonds. The van der Waals surface area contributed by atoms with Crippen molar-refractivity contribution in [3.63, 3.8) is 0 Å². The molecular weight excluding hydrogens is 270 g/mol. The molecule has 2 heteroatoms. The summed E-state index contributed by atoms with van der Waals surface area (Å²) in [6.45, 7) is 13.9. The second-order valence-corrected chi connectivity index (χ2v) is 8.56. The molecule has 0 bridgehead atoms. The van der Waals surface area contributed by atoms with Crippen molar-refractivity contribution >= 4 is 0 Å². The molecule has 2 fully saturated rings. The Morgan fingerprint density at radius 1 is 1.09 bits per heavy atom. The molecule has 1 saturated carbocycles. The molecule has 1 aromatic carbocycles. The van der Waals surface area contributed by atoms with Crippen LogP contribution >= 0.6 is 0 Å². The summed E-state index contributed by atoms with van der Waals surface area (Å²) in [5.41, 5.74) is 1.67. The summed E-state index contributed by atoms with van der Waals surface area (Å²) >= 11 is 0. The van der Waals surface area contributed by atoms with Gasteiger partial charge in [-0.05, 0) is 57.4 Å². The van der Waals surface area contributed by atoms with Gasteiger partial charge in [0.05, 0.1) is 5.60 Å². The zero-order valence-electron chi connectivity index (χ0n) is 15.0. The first-order valence-electron chi connectivity index (χ1n) is 8.77. The fourth-order valence-electron chi connectivity index (χ4n) is 4.93. The van der Waals surface area contributed by atoms with E-state index in [2.05, 4.69) is 76.9 Å². The molecule has 0 aromatic heterocycles. The van der Waals surface area contributed by atoms with Crippen molar-refractivity contribution in [3.05, 3.63) is 35.9 Å². The lowest BCUT2D eigenvalue weighted by atomic mass is 9.59. The average Bonchev–Trinajstić information content (AvgIpc) is 2.72. The van der Waals surface area contributed by atoms with E-state index in [-0.39, 0.29) is 11.0 Å². The Morgan fingerprint density at radius 3 is 2.32 bits per heavy atom. The first-order valence-corrected chi connectivity index (χ1v) is 8.77. The fourth-order valence-corrected chi connectivity index (χ4v) is 4.93. The molecule has 22 heavy (non-hydrogen) atoms. The molecule has 1 heterocycles. The van der Waals surface area contributed by atoms with Crippen LogP contribution in [0.5, 0.6) is 0 Å². The lowest BCUT2D eigenvalue weighted by Gasteiger charge is -2.47. The summed E-state index contributed by atoms with van der Waals surface area (Å²) in [6, 6.07) is 12.1. The summed E-state index contributed by atoms with van der Waals surface area (Å²) in [7, 11) is 0. The molecule has 0 N–H and O–H groups in total. The van der Waals surface area contributed by atoms with Gasteiger partial charge in [-0.1, -0.05) is 44.2 Å². The number of fused-ring (bicyclic) bond motifs is 1. The molecule has 4 atom stereocenters. The summed E-state index contributed by atoms with van der Waals surface area (Å²) in [6.07, 6.45) is 2.45. The summed E-state index contributed by atoms with van der Waals surface area (Å²) < 4.78 is 0. The van der Waals surface area contributed by atoms with Crippen molar-refractivity contribution in [3.8, 4) is 0 Å². The quantitative estimate of drug-likeness (QED) is 0.778. The molecule has 1 saturated heterocycles. The first kappa shape index (κ1) is 16.0. The van der Waals surface area contributed by atoms with Crippen LogP contribution in [0.15, 0.2) is 30.3 Å². The highest BCUT2D eigenvalue weighted by Crippen LogP contribution is 2.53. The highest BCUT2D eigenvalue weighted by atomic mass is 16.7. The minimum atomic E-state index is -0.0698. The predicted octanol–water partition coefficient (Wildman–Crippen LogP) is 4.79. The smallest absolute Gasteiger partial charge is 0.0888 e. The van der Waals surface area contributed by atoms with Gasteiger partial charge in [0.15, 0.2) is 0 Å². The largest absolute Gasteiger partial charge is 0.292 e. The number of rotatable bonds is 2. The number of hydroxylamine groups is 2. The van der Waals surface area contributed by atoms with Gasteiger partial charge in [0.2, 0.25) is 0 Å². The van der Waals surface area contributed by atoms with Crippen molar-refractivity contribution in [1.29, 1.82) is 0 Å². The molecule has 122 valence electrons. The first-order chi connectivity index (χ1) is 10.2. The van der Waals surface area contributed by atoms with E-state index < -0.39 is 0 Å². The Bertz CT molecular complexity index is 524. The second kappa shape index (κ2) is 5.35. The molecule has 0 radical (unpaired) electrons. The zero-order valence-corrected chi connectivity index (χ0v) is 15.0. The second-order valence-electron chi connectivity index (χ2n) is 8.56. The average molecular weight is 301 g/mol. The standard InChI is InChI=1S/C20H31NO/c1-14(2)21-18-15(3)12-20(6,16-10-8-7-9-11-16)13-17(18)19(4,5)22-21/h7-11,14-15,17-18H,12-13H2,1-6H3/t15-,17+,18+,20-/m1/s1. The topological polar surface area (TPSA) is 12.5 Å². The van der Waals surface area contributed by atoms with Crippen LogP contribution in [0.3, 0.4) is 0 Å². The van der Waals surface area contributed by atoms with Crippen LogP contribution < -0.4 is 0 Å². The molecule has 2 aliphatic rings. The van der Waals surface area contributed by atoms with Crippen molar-refractivity contribution in [1.82, 2.24) is 5.06 Å². The lowest BCUT2D eigenvalue weighted by Crippen LogP contribution is -2.50. The lowest BCUT2D eigenvalue weighted by molar-refractivity contribution is -0.215. The van der Waals surface area contributed by atoms with E-state index in [0.717, 1.165) is 0 Å². The van der Waals surface area contributed by atoms with Crippen molar-refractivity contribution in [2.45, 2.75) is 77.5 Å². The van der Waals surface area contributed by atoms with Crippen molar-refractivity contribution < 1.29 is 4.84 Å². The maximum atomic E-state index is 6.39. The van der Waals surface area contributed by atoms with Gasteiger partial charge in [-0.2, -0.15) is 5.06 Å². The molecule has 1 aliphatic carbocycles. The minimum Gasteiger partial charge on any atom is -0.292 e. The zero-order chi connectivity index (χ0) is 16.1. The third-order valence-corrected chi connectivity index (χ3v) is 5.95. The Kier molecular flexibility index (Phi) is 3.89. The van der Waals surface area contributed by atoms with Gasteiger partial charge < -0.3 is 0 Å². The van der Waals surface area contributed by atoms with Crippen LogP contribution in [0.2, 0.25) is 0 Å². The molecule has 3 rings (SSSR count). The van der Waals surface area contributed by atoms with Crippen LogP contribution in [0.1, 0.15) is 59.9 Å². The monoisotopic (exact) mass is 301 g/mol. The highest BCUT2D eigenvalue weighted by Gasteiger charge is 2.56. The predicted molar refractivity (Wildman–Crippen MR) is 91.6 cm³/mol. The summed E-state index contributed by atoms with van der Waals surface area (Å²) in [5, 5.41) is 2.29. The maximum absolute atomic E-state index is 6.39. The van der Waals surface area contributed by atoms with Gasteiger partial charge in [0.25, 0.3) is 0 Å². The Hall–Kier alpha value is -0.860. The van der Waals surface area contributed by atoms with Gasteiger partial charge in [-0.15, -0.1) is 0 Å². The van der Waals surface area contributed by atoms with Crippen LogP contribution in [-0.4, -0.2) is 22.7 Å². The van der Waals surface area contributed by atoms with E-state index in [1.807, 2.05) is 0 Å². The van der Waals surface area contributed by atoms with Crippen molar-refractivity contribution in [2.24, 2.45) is 11.8 Å². The van der Waals surface area contributed by atoms with Crippen molar-refractivity contribution in [2.75, 3.05) is 0 Å². The third kappa shape index (κ3) is 2.51. The highest BCUT2D eigenvalue weighted by molar-refractivity contribution is 5.27. The van der Waals surface area contributed by atoms with E-state index in [4.69, 9.17) is 4.84 Å². The van der Waals surface area contributed by atoms with Gasteiger partial charge in [-0.25, -0.2) is 0 Å². The molecule has 1 aliphatic heterocycles.